The molecule has 1 heterocycles. The highest BCUT2D eigenvalue weighted by atomic mass is 35.6. The van der Waals surface area contributed by atoms with E-state index in [1.807, 2.05) is 0 Å². The smallest absolute Gasteiger partial charge is 0.315 e. The Kier molecular flexibility index (Phi) is 7.72. The fourth-order valence-corrected chi connectivity index (χ4v) is 4.23. The number of urea groups is 1. The van der Waals surface area contributed by atoms with E-state index >= 15 is 0 Å². The van der Waals surface area contributed by atoms with Crippen LogP contribution in [0, 0.1) is 20.2 Å². The number of para-hydroxylation sites is 1. The summed E-state index contributed by atoms with van der Waals surface area (Å²) in [5.74, 6) is -1.12. The number of imide groups is 1. The predicted molar refractivity (Wildman–Crippen MR) is 147 cm³/mol. The van der Waals surface area contributed by atoms with Crippen LogP contribution in [0.1, 0.15) is 0 Å². The molecule has 0 saturated carbocycles. The van der Waals surface area contributed by atoms with E-state index < -0.39 is 31.7 Å². The molecule has 200 valence electrons. The van der Waals surface area contributed by atoms with E-state index in [4.69, 9.17) is 34.8 Å². The molecule has 1 aliphatic rings. The molecule has 15 heteroatoms. The van der Waals surface area contributed by atoms with Crippen LogP contribution in [0.2, 0.25) is 0 Å². The quantitative estimate of drug-likeness (QED) is 0.145. The summed E-state index contributed by atoms with van der Waals surface area (Å²) in [7, 11) is 1.28. The number of amidine groups is 1. The molecule has 3 aromatic carbocycles. The first-order chi connectivity index (χ1) is 18.4. The minimum atomic E-state index is -2.25. The standard InChI is InChI=1S/C24H17Cl3N6O6/c1-29-21(34)20(31(23(29)35)15-5-3-2-4-6-15)28-22(24(25,26)27)30(16-7-11-18(12-8-16)32(36)37)17-9-13-19(14-10-17)33(38)39/h2-14,22H,1H3/b28-20+. The number of nitro benzene ring substituents is 2. The average Bonchev–Trinajstić information content (AvgIpc) is 3.12. The summed E-state index contributed by atoms with van der Waals surface area (Å²) in [6, 6.07) is 17.9. The van der Waals surface area contributed by atoms with Crippen LogP contribution in [-0.2, 0) is 4.79 Å². The van der Waals surface area contributed by atoms with Crippen molar-refractivity contribution in [2.75, 3.05) is 16.8 Å². The Morgan fingerprint density at radius 3 is 1.69 bits per heavy atom. The van der Waals surface area contributed by atoms with Crippen molar-refractivity contribution < 1.29 is 19.4 Å². The summed E-state index contributed by atoms with van der Waals surface area (Å²) >= 11 is 19.2. The SMILES string of the molecule is CN1C(=O)/C(=N\C(N(c2ccc([N+](=O)[O-])cc2)c2ccc([N+](=O)[O-])cc2)C(Cl)(Cl)Cl)N(c2ccccc2)C1=O. The number of nitrogens with zero attached hydrogens (tertiary/aromatic N) is 6. The molecule has 3 amide bonds. The Morgan fingerprint density at radius 1 is 0.821 bits per heavy atom. The molecule has 1 aliphatic heterocycles. The molecular formula is C24H17Cl3N6O6. The fourth-order valence-electron chi connectivity index (χ4n) is 3.79. The molecule has 4 rings (SSSR count). The molecule has 0 bridgehead atoms. The summed E-state index contributed by atoms with van der Waals surface area (Å²) < 4.78 is -2.25. The van der Waals surface area contributed by atoms with Crippen molar-refractivity contribution in [3.8, 4) is 0 Å². The predicted octanol–water partition coefficient (Wildman–Crippen LogP) is 5.83. The molecule has 12 nitrogen and oxygen atoms in total. The van der Waals surface area contributed by atoms with Crippen LogP contribution in [0.25, 0.3) is 0 Å². The zero-order chi connectivity index (χ0) is 28.5. The monoisotopic (exact) mass is 590 g/mol. The van der Waals surface area contributed by atoms with Crippen molar-refractivity contribution >= 4 is 81.0 Å². The Balaban J connectivity index is 1.93. The largest absolute Gasteiger partial charge is 0.337 e. The van der Waals surface area contributed by atoms with Gasteiger partial charge in [0.2, 0.25) is 9.63 Å². The minimum Gasteiger partial charge on any atom is -0.315 e. The van der Waals surface area contributed by atoms with Gasteiger partial charge in [-0.3, -0.25) is 29.9 Å². The van der Waals surface area contributed by atoms with E-state index in [0.717, 1.165) is 9.80 Å². The number of likely N-dealkylation sites (N-methyl/N-ethyl adjacent to an activating group) is 1. The second kappa shape index (κ2) is 10.8. The molecule has 1 unspecified atom stereocenters. The molecule has 0 N–H and O–H groups in total. The third-order valence-electron chi connectivity index (χ3n) is 5.66. The van der Waals surface area contributed by atoms with Crippen molar-refractivity contribution in [1.82, 2.24) is 4.90 Å². The van der Waals surface area contributed by atoms with Crippen molar-refractivity contribution in [3.63, 3.8) is 0 Å². The molecule has 39 heavy (non-hydrogen) atoms. The minimum absolute atomic E-state index is 0.215. The first-order valence-corrected chi connectivity index (χ1v) is 12.1. The van der Waals surface area contributed by atoms with Gasteiger partial charge in [-0.05, 0) is 36.4 Å². The van der Waals surface area contributed by atoms with Crippen LogP contribution in [0.3, 0.4) is 0 Å². The number of nitro groups is 2. The van der Waals surface area contributed by atoms with Gasteiger partial charge in [-0.1, -0.05) is 53.0 Å². The number of carbonyl (C=O) groups excluding carboxylic acids is 2. The van der Waals surface area contributed by atoms with Gasteiger partial charge in [-0.2, -0.15) is 0 Å². The van der Waals surface area contributed by atoms with E-state index in [2.05, 4.69) is 4.99 Å². The summed E-state index contributed by atoms with van der Waals surface area (Å²) in [6.07, 6.45) is -1.53. The van der Waals surface area contributed by atoms with Crippen LogP contribution in [0.5, 0.6) is 0 Å². The maximum absolute atomic E-state index is 13.1. The molecule has 0 radical (unpaired) electrons. The Hall–Kier alpha value is -4.26. The van der Waals surface area contributed by atoms with Gasteiger partial charge in [0.1, 0.15) is 0 Å². The number of aliphatic imine (C=N–C) groups is 1. The first kappa shape index (κ1) is 27.8. The number of alkyl halides is 3. The molecule has 0 aromatic heterocycles. The molecule has 0 spiro atoms. The molecule has 1 fully saturated rings. The number of amides is 3. The third-order valence-corrected chi connectivity index (χ3v) is 6.25. The summed E-state index contributed by atoms with van der Waals surface area (Å²) in [6.45, 7) is 0. The average molecular weight is 592 g/mol. The Labute approximate surface area is 235 Å². The number of carbonyl (C=O) groups is 2. The van der Waals surface area contributed by atoms with Crippen LogP contribution in [0.4, 0.5) is 33.2 Å². The van der Waals surface area contributed by atoms with E-state index in [9.17, 15) is 29.8 Å². The number of anilines is 3. The van der Waals surface area contributed by atoms with Gasteiger partial charge in [0.15, 0.2) is 6.17 Å². The molecule has 1 saturated heterocycles. The Bertz CT molecular complexity index is 1400. The zero-order valence-corrected chi connectivity index (χ0v) is 22.1. The van der Waals surface area contributed by atoms with E-state index in [0.29, 0.717) is 5.69 Å². The topological polar surface area (TPSA) is 142 Å². The number of halogens is 3. The zero-order valence-electron chi connectivity index (χ0n) is 19.8. The molecular weight excluding hydrogens is 575 g/mol. The third kappa shape index (κ3) is 5.62. The fraction of sp³-hybridized carbons (Fsp3) is 0.125. The number of non-ortho nitro benzene ring substituents is 2. The number of rotatable bonds is 7. The normalized spacial score (nSPS) is 15.5. The number of hydrogen-bond acceptors (Lipinski definition) is 8. The highest BCUT2D eigenvalue weighted by Crippen LogP contribution is 2.42. The summed E-state index contributed by atoms with van der Waals surface area (Å²) in [4.78, 5) is 55.0. The molecule has 1 atom stereocenters. The maximum Gasteiger partial charge on any atom is 0.337 e. The summed E-state index contributed by atoms with van der Waals surface area (Å²) in [5.41, 5.74) is 0.387. The lowest BCUT2D eigenvalue weighted by atomic mass is 10.2. The number of benzene rings is 3. The lowest BCUT2D eigenvalue weighted by Crippen LogP contribution is -2.43. The molecule has 0 aliphatic carbocycles. The van der Waals surface area contributed by atoms with E-state index in [1.54, 1.807) is 30.3 Å². The van der Waals surface area contributed by atoms with E-state index in [1.165, 1.54) is 60.5 Å². The maximum atomic E-state index is 13.1. The van der Waals surface area contributed by atoms with Crippen molar-refractivity contribution in [2.24, 2.45) is 4.99 Å². The van der Waals surface area contributed by atoms with Crippen molar-refractivity contribution in [1.29, 1.82) is 0 Å². The van der Waals surface area contributed by atoms with Crippen molar-refractivity contribution in [2.45, 2.75) is 9.96 Å². The summed E-state index contributed by atoms with van der Waals surface area (Å²) in [5, 5.41) is 22.4. The van der Waals surface area contributed by atoms with Crippen molar-refractivity contribution in [3.05, 3.63) is 99.1 Å². The van der Waals surface area contributed by atoms with E-state index in [-0.39, 0.29) is 28.6 Å². The lowest BCUT2D eigenvalue weighted by molar-refractivity contribution is -0.385. The van der Waals surface area contributed by atoms with Gasteiger partial charge in [0, 0.05) is 42.7 Å². The van der Waals surface area contributed by atoms with Gasteiger partial charge >= 0.3 is 6.03 Å². The van der Waals surface area contributed by atoms with Crippen LogP contribution < -0.4 is 9.80 Å². The van der Waals surface area contributed by atoms with Crippen LogP contribution >= 0.6 is 34.8 Å². The van der Waals surface area contributed by atoms with Gasteiger partial charge in [-0.25, -0.2) is 14.7 Å². The van der Waals surface area contributed by atoms with Gasteiger partial charge in [-0.15, -0.1) is 0 Å². The number of hydrogen-bond donors (Lipinski definition) is 0. The van der Waals surface area contributed by atoms with Crippen LogP contribution in [-0.4, -0.2) is 49.5 Å². The van der Waals surface area contributed by atoms with Gasteiger partial charge in [0.05, 0.1) is 15.5 Å². The molecule has 3 aromatic rings. The van der Waals surface area contributed by atoms with Crippen LogP contribution in [0.15, 0.2) is 83.9 Å². The Morgan fingerprint density at radius 2 is 1.28 bits per heavy atom. The highest BCUT2D eigenvalue weighted by Gasteiger charge is 2.45. The van der Waals surface area contributed by atoms with Gasteiger partial charge in [0.25, 0.3) is 17.3 Å². The first-order valence-electron chi connectivity index (χ1n) is 11.0. The van der Waals surface area contributed by atoms with Gasteiger partial charge < -0.3 is 4.90 Å². The second-order valence-corrected chi connectivity index (χ2v) is 10.5. The lowest BCUT2D eigenvalue weighted by Gasteiger charge is -2.35. The second-order valence-electron chi connectivity index (χ2n) is 8.10. The highest BCUT2D eigenvalue weighted by molar-refractivity contribution is 6.68.